The van der Waals surface area contributed by atoms with Crippen LogP contribution in [0.25, 0.3) is 0 Å². The van der Waals surface area contributed by atoms with Crippen LogP contribution in [0.1, 0.15) is 24.5 Å². The largest absolute Gasteiger partial charge is 0.326 e. The number of aryl methyl sites for hydroxylation is 2. The average Bonchev–Trinajstić information content (AvgIpc) is 2.72. The second-order valence-corrected chi connectivity index (χ2v) is 5.24. The Morgan fingerprint density at radius 3 is 2.71 bits per heavy atom. The number of nitrogens with one attached hydrogen (secondary N) is 2. The fourth-order valence-electron chi connectivity index (χ4n) is 2.11. The molecular formula is C14H20N2O. The van der Waals surface area contributed by atoms with E-state index < -0.39 is 0 Å². The highest BCUT2D eigenvalue weighted by Crippen LogP contribution is 2.26. The summed E-state index contributed by atoms with van der Waals surface area (Å²) in [7, 11) is 0. The zero-order valence-corrected chi connectivity index (χ0v) is 10.8. The third kappa shape index (κ3) is 2.50. The van der Waals surface area contributed by atoms with Crippen molar-refractivity contribution in [3.63, 3.8) is 0 Å². The molecular weight excluding hydrogens is 212 g/mol. The predicted octanol–water partition coefficient (Wildman–Crippen LogP) is 2.24. The molecule has 1 atom stereocenters. The van der Waals surface area contributed by atoms with Crippen molar-refractivity contribution in [3.8, 4) is 0 Å². The highest BCUT2D eigenvalue weighted by atomic mass is 16.2. The summed E-state index contributed by atoms with van der Waals surface area (Å²) in [5.74, 6) is 0.116. The molecule has 0 saturated carbocycles. The van der Waals surface area contributed by atoms with Crippen molar-refractivity contribution in [2.75, 3.05) is 18.4 Å². The summed E-state index contributed by atoms with van der Waals surface area (Å²) < 4.78 is 0. The Morgan fingerprint density at radius 2 is 2.12 bits per heavy atom. The van der Waals surface area contributed by atoms with Gasteiger partial charge in [-0.25, -0.2) is 0 Å². The Labute approximate surface area is 103 Å². The Bertz CT molecular complexity index is 434. The first-order valence-corrected chi connectivity index (χ1v) is 6.11. The standard InChI is InChI=1S/C14H20N2O/c1-10-4-5-12(8-11(10)2)16-13(17)14(3)6-7-15-9-14/h4-5,8,15H,6-7,9H2,1-3H3,(H,16,17). The fourth-order valence-corrected chi connectivity index (χ4v) is 2.11. The summed E-state index contributed by atoms with van der Waals surface area (Å²) in [6, 6.07) is 6.03. The van der Waals surface area contributed by atoms with Crippen molar-refractivity contribution in [1.29, 1.82) is 0 Å². The van der Waals surface area contributed by atoms with Gasteiger partial charge in [0.05, 0.1) is 5.41 Å². The Balaban J connectivity index is 2.10. The maximum absolute atomic E-state index is 12.2. The van der Waals surface area contributed by atoms with Gasteiger partial charge in [-0.05, 0) is 57.0 Å². The third-order valence-electron chi connectivity index (χ3n) is 3.68. The second-order valence-electron chi connectivity index (χ2n) is 5.24. The summed E-state index contributed by atoms with van der Waals surface area (Å²) in [5.41, 5.74) is 3.08. The van der Waals surface area contributed by atoms with E-state index in [1.807, 2.05) is 25.1 Å². The molecule has 1 amide bonds. The molecule has 2 N–H and O–H groups in total. The van der Waals surface area contributed by atoms with Gasteiger partial charge in [0.2, 0.25) is 5.91 Å². The van der Waals surface area contributed by atoms with Gasteiger partial charge in [0.25, 0.3) is 0 Å². The van der Waals surface area contributed by atoms with E-state index in [2.05, 4.69) is 24.5 Å². The van der Waals surface area contributed by atoms with E-state index in [1.54, 1.807) is 0 Å². The smallest absolute Gasteiger partial charge is 0.231 e. The van der Waals surface area contributed by atoms with Crippen molar-refractivity contribution in [2.45, 2.75) is 27.2 Å². The maximum Gasteiger partial charge on any atom is 0.231 e. The van der Waals surface area contributed by atoms with Gasteiger partial charge in [-0.15, -0.1) is 0 Å². The molecule has 1 aromatic carbocycles. The van der Waals surface area contributed by atoms with Crippen LogP contribution in [0.5, 0.6) is 0 Å². The lowest BCUT2D eigenvalue weighted by Gasteiger charge is -2.21. The molecule has 0 spiro atoms. The monoisotopic (exact) mass is 232 g/mol. The van der Waals surface area contributed by atoms with Gasteiger partial charge in [0.15, 0.2) is 0 Å². The second kappa shape index (κ2) is 4.49. The van der Waals surface area contributed by atoms with Gasteiger partial charge in [-0.3, -0.25) is 4.79 Å². The number of hydrogen-bond acceptors (Lipinski definition) is 2. The van der Waals surface area contributed by atoms with E-state index in [1.165, 1.54) is 11.1 Å². The van der Waals surface area contributed by atoms with Crippen LogP contribution in [0.15, 0.2) is 18.2 Å². The van der Waals surface area contributed by atoms with Crippen LogP contribution in [-0.2, 0) is 4.79 Å². The number of benzene rings is 1. The molecule has 0 bridgehead atoms. The average molecular weight is 232 g/mol. The molecule has 1 aliphatic rings. The van der Waals surface area contributed by atoms with Crippen molar-refractivity contribution in [2.24, 2.45) is 5.41 Å². The molecule has 2 rings (SSSR count). The van der Waals surface area contributed by atoms with Crippen LogP contribution in [0.4, 0.5) is 5.69 Å². The van der Waals surface area contributed by atoms with Crippen LogP contribution in [-0.4, -0.2) is 19.0 Å². The quantitative estimate of drug-likeness (QED) is 0.821. The lowest BCUT2D eigenvalue weighted by atomic mass is 9.88. The predicted molar refractivity (Wildman–Crippen MR) is 70.1 cm³/mol. The van der Waals surface area contributed by atoms with E-state index in [9.17, 15) is 4.79 Å². The van der Waals surface area contributed by atoms with Crippen molar-refractivity contribution >= 4 is 11.6 Å². The minimum absolute atomic E-state index is 0.116. The molecule has 1 aromatic rings. The van der Waals surface area contributed by atoms with Gasteiger partial charge in [0, 0.05) is 12.2 Å². The van der Waals surface area contributed by atoms with E-state index in [4.69, 9.17) is 0 Å². The lowest BCUT2D eigenvalue weighted by Crippen LogP contribution is -2.35. The van der Waals surface area contributed by atoms with Crippen molar-refractivity contribution < 1.29 is 4.79 Å². The first-order chi connectivity index (χ1) is 8.01. The molecule has 0 aliphatic carbocycles. The summed E-state index contributed by atoms with van der Waals surface area (Å²) in [6.45, 7) is 7.84. The van der Waals surface area contributed by atoms with E-state index in [0.29, 0.717) is 0 Å². The topological polar surface area (TPSA) is 41.1 Å². The van der Waals surface area contributed by atoms with Gasteiger partial charge >= 0.3 is 0 Å². The third-order valence-corrected chi connectivity index (χ3v) is 3.68. The molecule has 1 fully saturated rings. The molecule has 1 aliphatic heterocycles. The van der Waals surface area contributed by atoms with Gasteiger partial charge in [-0.1, -0.05) is 6.07 Å². The van der Waals surface area contributed by atoms with Gasteiger partial charge in [0.1, 0.15) is 0 Å². The van der Waals surface area contributed by atoms with Crippen molar-refractivity contribution in [3.05, 3.63) is 29.3 Å². The van der Waals surface area contributed by atoms with E-state index in [-0.39, 0.29) is 11.3 Å². The minimum atomic E-state index is -0.265. The maximum atomic E-state index is 12.2. The first-order valence-electron chi connectivity index (χ1n) is 6.11. The lowest BCUT2D eigenvalue weighted by molar-refractivity contribution is -0.123. The van der Waals surface area contributed by atoms with Crippen LogP contribution in [0.3, 0.4) is 0 Å². The number of rotatable bonds is 2. The SMILES string of the molecule is Cc1ccc(NC(=O)C2(C)CCNC2)cc1C. The summed E-state index contributed by atoms with van der Waals surface area (Å²) in [5, 5.41) is 6.25. The molecule has 0 aromatic heterocycles. The van der Waals surface area contributed by atoms with Crippen molar-refractivity contribution in [1.82, 2.24) is 5.32 Å². The summed E-state index contributed by atoms with van der Waals surface area (Å²) in [4.78, 5) is 12.2. The minimum Gasteiger partial charge on any atom is -0.326 e. The summed E-state index contributed by atoms with van der Waals surface area (Å²) in [6.07, 6.45) is 0.906. The molecule has 92 valence electrons. The number of anilines is 1. The number of hydrogen-bond donors (Lipinski definition) is 2. The summed E-state index contributed by atoms with van der Waals surface area (Å²) >= 11 is 0. The van der Waals surface area contributed by atoms with Crippen LogP contribution < -0.4 is 10.6 Å². The number of carbonyl (C=O) groups is 1. The zero-order valence-electron chi connectivity index (χ0n) is 10.8. The molecule has 17 heavy (non-hydrogen) atoms. The zero-order chi connectivity index (χ0) is 12.5. The number of carbonyl (C=O) groups excluding carboxylic acids is 1. The van der Waals surface area contributed by atoms with Crippen LogP contribution in [0, 0.1) is 19.3 Å². The first kappa shape index (κ1) is 12.1. The molecule has 0 radical (unpaired) electrons. The van der Waals surface area contributed by atoms with E-state index >= 15 is 0 Å². The van der Waals surface area contributed by atoms with Crippen LogP contribution >= 0.6 is 0 Å². The molecule has 3 nitrogen and oxygen atoms in total. The molecule has 1 heterocycles. The van der Waals surface area contributed by atoms with E-state index in [0.717, 1.165) is 25.2 Å². The highest BCUT2D eigenvalue weighted by Gasteiger charge is 2.36. The molecule has 1 saturated heterocycles. The molecule has 1 unspecified atom stereocenters. The Morgan fingerprint density at radius 1 is 1.35 bits per heavy atom. The normalized spacial score (nSPS) is 23.7. The fraction of sp³-hybridized carbons (Fsp3) is 0.500. The Hall–Kier alpha value is -1.35. The van der Waals surface area contributed by atoms with Gasteiger partial charge in [-0.2, -0.15) is 0 Å². The highest BCUT2D eigenvalue weighted by molar-refractivity contribution is 5.95. The van der Waals surface area contributed by atoms with Gasteiger partial charge < -0.3 is 10.6 Å². The Kier molecular flexibility index (Phi) is 3.20. The number of amides is 1. The van der Waals surface area contributed by atoms with Crippen LogP contribution in [0.2, 0.25) is 0 Å². The molecule has 3 heteroatoms.